The lowest BCUT2D eigenvalue weighted by atomic mass is 9.73. The molecule has 1 fully saturated rings. The van der Waals surface area contributed by atoms with Crippen molar-refractivity contribution in [1.29, 1.82) is 0 Å². The van der Waals surface area contributed by atoms with E-state index in [1.54, 1.807) is 12.1 Å². The van der Waals surface area contributed by atoms with Gasteiger partial charge in [0.2, 0.25) is 0 Å². The number of benzene rings is 1. The number of halogens is 2. The van der Waals surface area contributed by atoms with E-state index in [0.29, 0.717) is 22.4 Å². The van der Waals surface area contributed by atoms with Crippen molar-refractivity contribution < 1.29 is 4.79 Å². The minimum Gasteiger partial charge on any atom is -0.319 e. The molecule has 1 aliphatic carbocycles. The molecule has 0 heterocycles. The van der Waals surface area contributed by atoms with Crippen molar-refractivity contribution in [3.63, 3.8) is 0 Å². The molecule has 1 aromatic rings. The maximum Gasteiger partial charge on any atom is 0.157 e. The fourth-order valence-corrected chi connectivity index (χ4v) is 3.18. The van der Waals surface area contributed by atoms with Crippen LogP contribution in [0.5, 0.6) is 0 Å². The summed E-state index contributed by atoms with van der Waals surface area (Å²) >= 11 is 11.8. The Hall–Kier alpha value is -0.570. The van der Waals surface area contributed by atoms with Crippen LogP contribution in [0.4, 0.5) is 0 Å². The Morgan fingerprint density at radius 3 is 2.79 bits per heavy atom. The summed E-state index contributed by atoms with van der Waals surface area (Å²) in [6.07, 6.45) is 4.11. The molecule has 0 aliphatic heterocycles. The summed E-state index contributed by atoms with van der Waals surface area (Å²) in [5.74, 6) is 0.633. The quantitative estimate of drug-likeness (QED) is 0.916. The van der Waals surface area contributed by atoms with Gasteiger partial charge in [0, 0.05) is 6.42 Å². The van der Waals surface area contributed by atoms with Crippen LogP contribution in [0.15, 0.2) is 18.2 Å². The normalized spacial score (nSPS) is 27.3. The molecule has 2 unspecified atom stereocenters. The van der Waals surface area contributed by atoms with E-state index in [9.17, 15) is 4.79 Å². The fraction of sp³-hybridized carbons (Fsp3) is 0.533. The third-order valence-corrected chi connectivity index (χ3v) is 4.68. The number of rotatable bonds is 3. The van der Waals surface area contributed by atoms with Gasteiger partial charge in [-0.05, 0) is 36.5 Å². The van der Waals surface area contributed by atoms with Gasteiger partial charge in [0.1, 0.15) is 0 Å². The monoisotopic (exact) mass is 299 g/mol. The molecule has 19 heavy (non-hydrogen) atoms. The van der Waals surface area contributed by atoms with Crippen molar-refractivity contribution >= 4 is 29.0 Å². The molecule has 1 aromatic carbocycles. The summed E-state index contributed by atoms with van der Waals surface area (Å²) in [5, 5.41) is 0.988. The fourth-order valence-electron chi connectivity index (χ4n) is 2.86. The Bertz CT molecular complexity index is 489. The number of Topliss-reactive ketones (excluding diaryl/α,β-unsaturated/α-hetero) is 1. The minimum absolute atomic E-state index is 0.109. The van der Waals surface area contributed by atoms with Gasteiger partial charge in [0.15, 0.2) is 5.78 Å². The zero-order valence-electron chi connectivity index (χ0n) is 11.1. The van der Waals surface area contributed by atoms with E-state index < -0.39 is 5.54 Å². The second-order valence-corrected chi connectivity index (χ2v) is 6.52. The zero-order valence-corrected chi connectivity index (χ0v) is 12.6. The van der Waals surface area contributed by atoms with Gasteiger partial charge < -0.3 is 5.73 Å². The molecule has 104 valence electrons. The number of hydrogen-bond acceptors (Lipinski definition) is 2. The molecular weight excluding hydrogens is 281 g/mol. The molecule has 0 spiro atoms. The highest BCUT2D eigenvalue weighted by atomic mass is 35.5. The predicted octanol–water partition coefficient (Wildman–Crippen LogP) is 4.01. The van der Waals surface area contributed by atoms with Crippen LogP contribution < -0.4 is 5.73 Å². The van der Waals surface area contributed by atoms with Gasteiger partial charge in [-0.2, -0.15) is 0 Å². The zero-order chi connectivity index (χ0) is 14.0. The lowest BCUT2D eigenvalue weighted by Crippen LogP contribution is -2.51. The van der Waals surface area contributed by atoms with Gasteiger partial charge in [-0.25, -0.2) is 0 Å². The van der Waals surface area contributed by atoms with E-state index in [4.69, 9.17) is 28.9 Å². The molecule has 0 aromatic heterocycles. The number of hydrogen-bond donors (Lipinski definition) is 1. The molecule has 2 nitrogen and oxygen atoms in total. The van der Waals surface area contributed by atoms with Crippen molar-refractivity contribution in [2.45, 2.75) is 44.6 Å². The van der Waals surface area contributed by atoms with E-state index in [-0.39, 0.29) is 5.78 Å². The highest BCUT2D eigenvalue weighted by molar-refractivity contribution is 6.42. The summed E-state index contributed by atoms with van der Waals surface area (Å²) in [6.45, 7) is 2.16. The first-order chi connectivity index (χ1) is 8.90. The molecule has 0 bridgehead atoms. The van der Waals surface area contributed by atoms with Crippen LogP contribution in [0.2, 0.25) is 10.0 Å². The van der Waals surface area contributed by atoms with Gasteiger partial charge in [-0.15, -0.1) is 0 Å². The van der Waals surface area contributed by atoms with Crippen LogP contribution >= 0.6 is 23.2 Å². The number of carbonyl (C=O) groups excluding carboxylic acids is 1. The van der Waals surface area contributed by atoms with Crippen LogP contribution in [0.25, 0.3) is 0 Å². The van der Waals surface area contributed by atoms with Crippen LogP contribution in [0.1, 0.15) is 38.2 Å². The second kappa shape index (κ2) is 5.82. The molecule has 0 saturated heterocycles. The van der Waals surface area contributed by atoms with Crippen molar-refractivity contribution in [2.24, 2.45) is 11.7 Å². The van der Waals surface area contributed by atoms with E-state index in [0.717, 1.165) is 24.8 Å². The van der Waals surface area contributed by atoms with Gasteiger partial charge in [0.05, 0.1) is 15.6 Å². The van der Waals surface area contributed by atoms with Crippen LogP contribution in [-0.2, 0) is 11.2 Å². The smallest absolute Gasteiger partial charge is 0.157 e. The van der Waals surface area contributed by atoms with Gasteiger partial charge in [-0.3, -0.25) is 4.79 Å². The third kappa shape index (κ3) is 3.50. The Kier molecular flexibility index (Phi) is 4.54. The second-order valence-electron chi connectivity index (χ2n) is 5.71. The molecule has 2 N–H and O–H groups in total. The SMILES string of the molecule is CC1CCCC(N)(C(=O)Cc2ccc(Cl)c(Cl)c2)C1. The standard InChI is InChI=1S/C15H19Cl2NO/c1-10-3-2-6-15(18,9-10)14(19)8-11-4-5-12(16)13(17)7-11/h4-5,7,10H,2-3,6,8-9,18H2,1H3. The lowest BCUT2D eigenvalue weighted by molar-refractivity contribution is -0.125. The molecule has 0 radical (unpaired) electrons. The average molecular weight is 300 g/mol. The van der Waals surface area contributed by atoms with Gasteiger partial charge in [-0.1, -0.05) is 49.0 Å². The molecule has 0 amide bonds. The summed E-state index contributed by atoms with van der Waals surface area (Å²) in [6, 6.07) is 5.30. The van der Waals surface area contributed by atoms with Gasteiger partial charge >= 0.3 is 0 Å². The Morgan fingerprint density at radius 1 is 1.42 bits per heavy atom. The molecule has 1 saturated carbocycles. The highest BCUT2D eigenvalue weighted by Crippen LogP contribution is 2.32. The third-order valence-electron chi connectivity index (χ3n) is 3.94. The van der Waals surface area contributed by atoms with Crippen molar-refractivity contribution in [3.8, 4) is 0 Å². The van der Waals surface area contributed by atoms with E-state index in [1.165, 1.54) is 6.42 Å². The maximum atomic E-state index is 12.4. The molecular formula is C15H19Cl2NO. The van der Waals surface area contributed by atoms with E-state index in [1.807, 2.05) is 6.07 Å². The van der Waals surface area contributed by atoms with Crippen molar-refractivity contribution in [3.05, 3.63) is 33.8 Å². The van der Waals surface area contributed by atoms with Crippen LogP contribution in [-0.4, -0.2) is 11.3 Å². The maximum absolute atomic E-state index is 12.4. The molecule has 2 rings (SSSR count). The van der Waals surface area contributed by atoms with Crippen molar-refractivity contribution in [2.75, 3.05) is 0 Å². The average Bonchev–Trinajstić information content (AvgIpc) is 2.33. The summed E-state index contributed by atoms with van der Waals surface area (Å²) in [5.41, 5.74) is 6.51. The first-order valence-electron chi connectivity index (χ1n) is 6.67. The Balaban J connectivity index is 2.09. The number of ketones is 1. The highest BCUT2D eigenvalue weighted by Gasteiger charge is 2.37. The van der Waals surface area contributed by atoms with E-state index >= 15 is 0 Å². The largest absolute Gasteiger partial charge is 0.319 e. The number of carbonyl (C=O) groups is 1. The van der Waals surface area contributed by atoms with Crippen LogP contribution in [0, 0.1) is 5.92 Å². The van der Waals surface area contributed by atoms with Crippen LogP contribution in [0.3, 0.4) is 0 Å². The summed E-state index contributed by atoms with van der Waals surface area (Å²) in [4.78, 5) is 12.4. The minimum atomic E-state index is -0.663. The number of nitrogens with two attached hydrogens (primary N) is 1. The Labute approximate surface area is 124 Å². The van der Waals surface area contributed by atoms with E-state index in [2.05, 4.69) is 6.92 Å². The first-order valence-corrected chi connectivity index (χ1v) is 7.42. The Morgan fingerprint density at radius 2 is 2.16 bits per heavy atom. The van der Waals surface area contributed by atoms with Crippen molar-refractivity contribution in [1.82, 2.24) is 0 Å². The van der Waals surface area contributed by atoms with Gasteiger partial charge in [0.25, 0.3) is 0 Å². The summed E-state index contributed by atoms with van der Waals surface area (Å²) in [7, 11) is 0. The molecule has 2 atom stereocenters. The topological polar surface area (TPSA) is 43.1 Å². The molecule has 4 heteroatoms. The lowest BCUT2D eigenvalue weighted by Gasteiger charge is -2.35. The first kappa shape index (κ1) is 14.8. The molecule has 1 aliphatic rings. The summed E-state index contributed by atoms with van der Waals surface area (Å²) < 4.78 is 0. The predicted molar refractivity (Wildman–Crippen MR) is 79.7 cm³/mol.